The smallest absolute Gasteiger partial charge is 0.172 e. The Morgan fingerprint density at radius 3 is 2.80 bits per heavy atom. The van der Waals surface area contributed by atoms with Crippen molar-refractivity contribution in [2.75, 3.05) is 13.2 Å². The molecule has 2 N–H and O–H groups in total. The summed E-state index contributed by atoms with van der Waals surface area (Å²) < 4.78 is 30.7. The third kappa shape index (κ3) is 2.66. The van der Waals surface area contributed by atoms with Crippen molar-refractivity contribution in [2.45, 2.75) is 44.1 Å². The SMILES string of the molecule is Cc1cc(OC2CC3(CCC2N)OCCO3)ccc1F. The summed E-state index contributed by atoms with van der Waals surface area (Å²) in [6.07, 6.45) is 2.04. The highest BCUT2D eigenvalue weighted by atomic mass is 19.1. The second-order valence-corrected chi connectivity index (χ2v) is 5.58. The van der Waals surface area contributed by atoms with Crippen LogP contribution in [0.2, 0.25) is 0 Å². The number of nitrogens with two attached hydrogens (primary N) is 1. The van der Waals surface area contributed by atoms with Crippen molar-refractivity contribution >= 4 is 0 Å². The summed E-state index contributed by atoms with van der Waals surface area (Å²) in [4.78, 5) is 0. The van der Waals surface area contributed by atoms with Crippen molar-refractivity contribution < 1.29 is 18.6 Å². The van der Waals surface area contributed by atoms with Crippen LogP contribution in [-0.2, 0) is 9.47 Å². The Labute approximate surface area is 118 Å². The largest absolute Gasteiger partial charge is 0.489 e. The molecule has 110 valence electrons. The highest BCUT2D eigenvalue weighted by Gasteiger charge is 2.45. The Hall–Kier alpha value is -1.17. The van der Waals surface area contributed by atoms with Crippen LogP contribution < -0.4 is 10.5 Å². The van der Waals surface area contributed by atoms with Crippen molar-refractivity contribution in [1.82, 2.24) is 0 Å². The summed E-state index contributed by atoms with van der Waals surface area (Å²) in [5, 5.41) is 0. The zero-order valence-electron chi connectivity index (χ0n) is 11.6. The normalized spacial score (nSPS) is 28.8. The first kappa shape index (κ1) is 13.8. The second kappa shape index (κ2) is 5.31. The van der Waals surface area contributed by atoms with E-state index in [4.69, 9.17) is 19.9 Å². The van der Waals surface area contributed by atoms with Crippen LogP contribution >= 0.6 is 0 Å². The molecule has 1 aliphatic heterocycles. The van der Waals surface area contributed by atoms with Crippen LogP contribution in [0.3, 0.4) is 0 Å². The highest BCUT2D eigenvalue weighted by Crippen LogP contribution is 2.37. The Morgan fingerprint density at radius 1 is 1.35 bits per heavy atom. The van der Waals surface area contributed by atoms with E-state index >= 15 is 0 Å². The minimum Gasteiger partial charge on any atom is -0.489 e. The maximum Gasteiger partial charge on any atom is 0.172 e. The summed E-state index contributed by atoms with van der Waals surface area (Å²) in [6.45, 7) is 2.96. The van der Waals surface area contributed by atoms with Gasteiger partial charge >= 0.3 is 0 Å². The molecule has 2 unspecified atom stereocenters. The summed E-state index contributed by atoms with van der Waals surface area (Å²) in [5.41, 5.74) is 6.70. The van der Waals surface area contributed by atoms with Gasteiger partial charge in [-0.05, 0) is 37.1 Å². The lowest BCUT2D eigenvalue weighted by Crippen LogP contribution is -2.51. The van der Waals surface area contributed by atoms with Crippen LogP contribution in [0.1, 0.15) is 24.8 Å². The van der Waals surface area contributed by atoms with Crippen LogP contribution in [0.25, 0.3) is 0 Å². The van der Waals surface area contributed by atoms with E-state index in [-0.39, 0.29) is 18.0 Å². The molecule has 1 saturated carbocycles. The second-order valence-electron chi connectivity index (χ2n) is 5.58. The van der Waals surface area contributed by atoms with E-state index in [0.29, 0.717) is 30.9 Å². The molecule has 2 fully saturated rings. The van der Waals surface area contributed by atoms with Crippen molar-refractivity contribution in [3.05, 3.63) is 29.6 Å². The lowest BCUT2D eigenvalue weighted by Gasteiger charge is -2.39. The van der Waals surface area contributed by atoms with Gasteiger partial charge in [0.2, 0.25) is 0 Å². The highest BCUT2D eigenvalue weighted by molar-refractivity contribution is 5.29. The van der Waals surface area contributed by atoms with Crippen molar-refractivity contribution in [2.24, 2.45) is 5.73 Å². The molecule has 20 heavy (non-hydrogen) atoms. The molecule has 2 atom stereocenters. The standard InChI is InChI=1S/C15H20FNO3/c1-10-8-11(2-3-12(10)16)20-14-9-15(5-4-13(14)17)18-6-7-19-15/h2-3,8,13-14H,4-7,9,17H2,1H3. The fourth-order valence-electron chi connectivity index (χ4n) is 2.89. The van der Waals surface area contributed by atoms with Crippen molar-refractivity contribution in [3.8, 4) is 5.75 Å². The molecule has 0 radical (unpaired) electrons. The average Bonchev–Trinajstić information content (AvgIpc) is 2.87. The van der Waals surface area contributed by atoms with Gasteiger partial charge in [-0.15, -0.1) is 0 Å². The van der Waals surface area contributed by atoms with Gasteiger partial charge in [0.25, 0.3) is 0 Å². The fraction of sp³-hybridized carbons (Fsp3) is 0.600. The number of benzene rings is 1. The third-order valence-corrected chi connectivity index (χ3v) is 4.08. The van der Waals surface area contributed by atoms with Crippen molar-refractivity contribution in [1.29, 1.82) is 0 Å². The van der Waals surface area contributed by atoms with E-state index in [1.807, 2.05) is 0 Å². The fourth-order valence-corrected chi connectivity index (χ4v) is 2.89. The van der Waals surface area contributed by atoms with Crippen LogP contribution in [0, 0.1) is 12.7 Å². The Morgan fingerprint density at radius 2 is 2.10 bits per heavy atom. The molecular weight excluding hydrogens is 261 g/mol. The Kier molecular flexibility index (Phi) is 3.67. The first-order valence-electron chi connectivity index (χ1n) is 7.04. The Bertz CT molecular complexity index is 488. The van der Waals surface area contributed by atoms with Crippen LogP contribution in [0.5, 0.6) is 5.75 Å². The molecule has 1 aromatic carbocycles. The van der Waals surface area contributed by atoms with Gasteiger partial charge in [-0.2, -0.15) is 0 Å². The molecule has 0 aromatic heterocycles. The number of rotatable bonds is 2. The Balaban J connectivity index is 1.72. The quantitative estimate of drug-likeness (QED) is 0.902. The molecule has 0 amide bonds. The molecular formula is C15H20FNO3. The molecule has 1 aliphatic carbocycles. The summed E-state index contributed by atoms with van der Waals surface area (Å²) in [6, 6.07) is 4.68. The molecule has 4 nitrogen and oxygen atoms in total. The van der Waals surface area contributed by atoms with Gasteiger partial charge in [-0.3, -0.25) is 0 Å². The van der Waals surface area contributed by atoms with E-state index in [0.717, 1.165) is 12.8 Å². The number of ether oxygens (including phenoxy) is 3. The van der Waals surface area contributed by atoms with Crippen LogP contribution in [-0.4, -0.2) is 31.1 Å². The van der Waals surface area contributed by atoms with E-state index in [2.05, 4.69) is 0 Å². The van der Waals surface area contributed by atoms with Gasteiger partial charge in [-0.1, -0.05) is 0 Å². The molecule has 2 aliphatic rings. The predicted octanol–water partition coefficient (Wildman–Crippen LogP) is 2.14. The first-order valence-corrected chi connectivity index (χ1v) is 7.04. The number of hydrogen-bond donors (Lipinski definition) is 1. The van der Waals surface area contributed by atoms with Gasteiger partial charge in [0.15, 0.2) is 5.79 Å². The van der Waals surface area contributed by atoms with Gasteiger partial charge in [0.05, 0.1) is 13.2 Å². The molecule has 0 bridgehead atoms. The van der Waals surface area contributed by atoms with Gasteiger partial charge in [0.1, 0.15) is 17.7 Å². The van der Waals surface area contributed by atoms with Gasteiger partial charge in [-0.25, -0.2) is 4.39 Å². The zero-order valence-corrected chi connectivity index (χ0v) is 11.6. The summed E-state index contributed by atoms with van der Waals surface area (Å²) in [7, 11) is 0. The monoisotopic (exact) mass is 281 g/mol. The van der Waals surface area contributed by atoms with Crippen LogP contribution in [0.4, 0.5) is 4.39 Å². The van der Waals surface area contributed by atoms with Gasteiger partial charge < -0.3 is 19.9 Å². The molecule has 1 aromatic rings. The maximum atomic E-state index is 13.3. The molecule has 1 saturated heterocycles. The van der Waals surface area contributed by atoms with E-state index in [9.17, 15) is 4.39 Å². The zero-order chi connectivity index (χ0) is 14.2. The van der Waals surface area contributed by atoms with Crippen molar-refractivity contribution in [3.63, 3.8) is 0 Å². The molecule has 1 heterocycles. The lowest BCUT2D eigenvalue weighted by molar-refractivity contribution is -0.195. The number of halogens is 1. The minimum absolute atomic E-state index is 0.0567. The number of aryl methyl sites for hydroxylation is 1. The van der Waals surface area contributed by atoms with E-state index in [1.54, 1.807) is 19.1 Å². The summed E-state index contributed by atoms with van der Waals surface area (Å²) in [5.74, 6) is -0.126. The molecule has 1 spiro atoms. The van der Waals surface area contributed by atoms with Crippen LogP contribution in [0.15, 0.2) is 18.2 Å². The molecule has 5 heteroatoms. The third-order valence-electron chi connectivity index (χ3n) is 4.08. The molecule has 3 rings (SSSR count). The number of hydrogen-bond acceptors (Lipinski definition) is 4. The van der Waals surface area contributed by atoms with E-state index < -0.39 is 5.79 Å². The van der Waals surface area contributed by atoms with E-state index in [1.165, 1.54) is 6.07 Å². The average molecular weight is 281 g/mol. The topological polar surface area (TPSA) is 53.7 Å². The maximum absolute atomic E-state index is 13.3. The summed E-state index contributed by atoms with van der Waals surface area (Å²) >= 11 is 0. The lowest BCUT2D eigenvalue weighted by atomic mass is 9.88. The van der Waals surface area contributed by atoms with Gasteiger partial charge in [0, 0.05) is 18.9 Å². The first-order chi connectivity index (χ1) is 9.58. The predicted molar refractivity (Wildman–Crippen MR) is 72.0 cm³/mol. The minimum atomic E-state index is -0.532.